The molecular weight excluding hydrogens is 324 g/mol. The number of nitrogens with one attached hydrogen (secondary N) is 2. The van der Waals surface area contributed by atoms with Gasteiger partial charge in [0.1, 0.15) is 0 Å². The largest absolute Gasteiger partial charge is 0.383 e. The maximum absolute atomic E-state index is 5.18. The van der Waals surface area contributed by atoms with Gasteiger partial charge in [-0.05, 0) is 43.6 Å². The summed E-state index contributed by atoms with van der Waals surface area (Å²) in [7, 11) is 1.77. The molecule has 0 aromatic heterocycles. The van der Waals surface area contributed by atoms with Crippen LogP contribution in [0.15, 0.2) is 35.3 Å². The van der Waals surface area contributed by atoms with Crippen LogP contribution in [0.4, 0.5) is 0 Å². The van der Waals surface area contributed by atoms with E-state index in [0.717, 1.165) is 45.3 Å². The molecule has 0 amide bonds. The maximum atomic E-state index is 5.18. The average molecular weight is 359 g/mol. The molecule has 1 aliphatic carbocycles. The quantitative estimate of drug-likeness (QED) is 0.554. The van der Waals surface area contributed by atoms with Gasteiger partial charge < -0.3 is 20.3 Å². The highest BCUT2D eigenvalue weighted by molar-refractivity contribution is 5.80. The van der Waals surface area contributed by atoms with Crippen molar-refractivity contribution < 1.29 is 4.74 Å². The number of hydrogen-bond acceptors (Lipinski definition) is 3. The Morgan fingerprint density at radius 3 is 2.69 bits per heavy atom. The molecule has 26 heavy (non-hydrogen) atoms. The van der Waals surface area contributed by atoms with Gasteiger partial charge in [-0.2, -0.15) is 0 Å². The smallest absolute Gasteiger partial charge is 0.191 e. The third-order valence-corrected chi connectivity index (χ3v) is 5.52. The zero-order chi connectivity index (χ0) is 18.2. The van der Waals surface area contributed by atoms with Crippen LogP contribution in [-0.4, -0.2) is 63.3 Å². The van der Waals surface area contributed by atoms with E-state index in [0.29, 0.717) is 17.9 Å². The van der Waals surface area contributed by atoms with E-state index in [1.807, 2.05) is 0 Å². The number of rotatable bonds is 8. The molecule has 1 saturated carbocycles. The number of ether oxygens (including phenoxy) is 1. The summed E-state index contributed by atoms with van der Waals surface area (Å²) < 4.78 is 5.18. The van der Waals surface area contributed by atoms with Gasteiger partial charge in [-0.3, -0.25) is 4.99 Å². The van der Waals surface area contributed by atoms with E-state index in [4.69, 9.17) is 9.73 Å². The number of guanidine groups is 1. The van der Waals surface area contributed by atoms with Gasteiger partial charge in [0, 0.05) is 45.9 Å². The standard InChI is InChI=1S/C21H34N4O/c1-3-22-21(24-19-9-11-25(12-10-19)13-14-26-2)23-16-18-15-20(18)17-7-5-4-6-8-17/h4-8,18-20H,3,9-16H2,1-2H3,(H2,22,23,24). The first-order valence-corrected chi connectivity index (χ1v) is 10.1. The third-order valence-electron chi connectivity index (χ3n) is 5.52. The summed E-state index contributed by atoms with van der Waals surface area (Å²) in [6.07, 6.45) is 3.61. The molecule has 2 N–H and O–H groups in total. The van der Waals surface area contributed by atoms with Crippen LogP contribution < -0.4 is 10.6 Å². The molecule has 0 radical (unpaired) electrons. The lowest BCUT2D eigenvalue weighted by atomic mass is 10.1. The van der Waals surface area contributed by atoms with Crippen LogP contribution in [-0.2, 0) is 4.74 Å². The molecular formula is C21H34N4O. The van der Waals surface area contributed by atoms with Crippen LogP contribution in [0.2, 0.25) is 0 Å². The Balaban J connectivity index is 1.43. The Bertz CT molecular complexity index is 554. The van der Waals surface area contributed by atoms with Gasteiger partial charge in [-0.15, -0.1) is 0 Å². The Hall–Kier alpha value is -1.59. The molecule has 2 aliphatic rings. The van der Waals surface area contributed by atoms with Crippen LogP contribution in [0.3, 0.4) is 0 Å². The van der Waals surface area contributed by atoms with Crippen molar-refractivity contribution in [2.75, 3.05) is 46.4 Å². The highest BCUT2D eigenvalue weighted by Crippen LogP contribution is 2.47. The van der Waals surface area contributed by atoms with Gasteiger partial charge >= 0.3 is 0 Å². The zero-order valence-electron chi connectivity index (χ0n) is 16.3. The summed E-state index contributed by atoms with van der Waals surface area (Å²) in [6, 6.07) is 11.4. The molecule has 1 aromatic carbocycles. The number of methoxy groups -OCH3 is 1. The lowest BCUT2D eigenvalue weighted by Gasteiger charge is -2.32. The molecule has 5 heteroatoms. The lowest BCUT2D eigenvalue weighted by Crippen LogP contribution is -2.49. The average Bonchev–Trinajstić information content (AvgIpc) is 3.46. The monoisotopic (exact) mass is 358 g/mol. The van der Waals surface area contributed by atoms with Crippen molar-refractivity contribution in [3.05, 3.63) is 35.9 Å². The first-order valence-electron chi connectivity index (χ1n) is 10.1. The van der Waals surface area contributed by atoms with Crippen LogP contribution in [0, 0.1) is 5.92 Å². The fraction of sp³-hybridized carbons (Fsp3) is 0.667. The van der Waals surface area contributed by atoms with E-state index in [9.17, 15) is 0 Å². The minimum absolute atomic E-state index is 0.524. The lowest BCUT2D eigenvalue weighted by molar-refractivity contribution is 0.128. The second-order valence-corrected chi connectivity index (χ2v) is 7.49. The van der Waals surface area contributed by atoms with E-state index in [1.54, 1.807) is 7.11 Å². The number of hydrogen-bond donors (Lipinski definition) is 2. The fourth-order valence-electron chi connectivity index (χ4n) is 3.80. The maximum Gasteiger partial charge on any atom is 0.191 e. The number of nitrogens with zero attached hydrogens (tertiary/aromatic N) is 2. The minimum Gasteiger partial charge on any atom is -0.383 e. The van der Waals surface area contributed by atoms with Crippen molar-refractivity contribution in [1.82, 2.24) is 15.5 Å². The summed E-state index contributed by atoms with van der Waals surface area (Å²) in [5, 5.41) is 7.07. The molecule has 0 bridgehead atoms. The molecule has 2 fully saturated rings. The zero-order valence-corrected chi connectivity index (χ0v) is 16.3. The summed E-state index contributed by atoms with van der Waals surface area (Å²) >= 11 is 0. The molecule has 1 aromatic rings. The van der Waals surface area contributed by atoms with Crippen molar-refractivity contribution in [2.45, 2.75) is 38.1 Å². The van der Waals surface area contributed by atoms with Crippen LogP contribution >= 0.6 is 0 Å². The predicted molar refractivity (Wildman–Crippen MR) is 108 cm³/mol. The molecule has 1 aliphatic heterocycles. The van der Waals surface area contributed by atoms with Crippen LogP contribution in [0.5, 0.6) is 0 Å². The fourth-order valence-corrected chi connectivity index (χ4v) is 3.80. The van der Waals surface area contributed by atoms with Gasteiger partial charge in [0.2, 0.25) is 0 Å². The molecule has 144 valence electrons. The van der Waals surface area contributed by atoms with E-state index in [2.05, 4.69) is 52.8 Å². The van der Waals surface area contributed by atoms with Gasteiger partial charge in [-0.25, -0.2) is 0 Å². The molecule has 1 heterocycles. The third kappa shape index (κ3) is 5.71. The van der Waals surface area contributed by atoms with Gasteiger partial charge in [-0.1, -0.05) is 30.3 Å². The second kappa shape index (κ2) is 9.93. The van der Waals surface area contributed by atoms with Gasteiger partial charge in [0.25, 0.3) is 0 Å². The minimum atomic E-state index is 0.524. The van der Waals surface area contributed by atoms with Crippen molar-refractivity contribution in [2.24, 2.45) is 10.9 Å². The van der Waals surface area contributed by atoms with Crippen LogP contribution in [0.1, 0.15) is 37.7 Å². The van der Waals surface area contributed by atoms with Crippen molar-refractivity contribution in [3.63, 3.8) is 0 Å². The van der Waals surface area contributed by atoms with E-state index in [1.165, 1.54) is 24.8 Å². The second-order valence-electron chi connectivity index (χ2n) is 7.49. The van der Waals surface area contributed by atoms with Crippen LogP contribution in [0.25, 0.3) is 0 Å². The van der Waals surface area contributed by atoms with Crippen molar-refractivity contribution >= 4 is 5.96 Å². The normalized spacial score (nSPS) is 24.5. The highest BCUT2D eigenvalue weighted by atomic mass is 16.5. The van der Waals surface area contributed by atoms with Crippen molar-refractivity contribution in [1.29, 1.82) is 0 Å². The highest BCUT2D eigenvalue weighted by Gasteiger charge is 2.37. The molecule has 3 rings (SSSR count). The van der Waals surface area contributed by atoms with E-state index >= 15 is 0 Å². The predicted octanol–water partition coefficient (Wildman–Crippen LogP) is 2.46. The first-order chi connectivity index (χ1) is 12.8. The summed E-state index contributed by atoms with van der Waals surface area (Å²) in [5.41, 5.74) is 1.47. The SMILES string of the molecule is CCNC(=NCC1CC1c1ccccc1)NC1CCN(CCOC)CC1. The number of aliphatic imine (C=N–C) groups is 1. The molecule has 2 unspecified atom stereocenters. The molecule has 2 atom stereocenters. The Labute approximate surface area is 158 Å². The number of piperidine rings is 1. The summed E-state index contributed by atoms with van der Waals surface area (Å²) in [5.74, 6) is 2.39. The molecule has 1 saturated heterocycles. The molecule has 0 spiro atoms. The Morgan fingerprint density at radius 2 is 2.00 bits per heavy atom. The number of likely N-dealkylation sites (tertiary alicyclic amines) is 1. The summed E-state index contributed by atoms with van der Waals surface area (Å²) in [6.45, 7) is 8.10. The van der Waals surface area contributed by atoms with E-state index in [-0.39, 0.29) is 0 Å². The van der Waals surface area contributed by atoms with E-state index < -0.39 is 0 Å². The first kappa shape index (κ1) is 19.2. The van der Waals surface area contributed by atoms with Gasteiger partial charge in [0.15, 0.2) is 5.96 Å². The topological polar surface area (TPSA) is 48.9 Å². The summed E-state index contributed by atoms with van der Waals surface area (Å²) in [4.78, 5) is 7.36. The number of benzene rings is 1. The Morgan fingerprint density at radius 1 is 1.23 bits per heavy atom. The Kier molecular flexibility index (Phi) is 7.32. The van der Waals surface area contributed by atoms with Crippen molar-refractivity contribution in [3.8, 4) is 0 Å². The van der Waals surface area contributed by atoms with Gasteiger partial charge in [0.05, 0.1) is 6.61 Å². The molecule has 5 nitrogen and oxygen atoms in total.